The van der Waals surface area contributed by atoms with E-state index in [-0.39, 0.29) is 18.6 Å². The van der Waals surface area contributed by atoms with E-state index in [1.807, 2.05) is 60.6 Å². The first-order valence-corrected chi connectivity index (χ1v) is 15.2. The summed E-state index contributed by atoms with van der Waals surface area (Å²) >= 11 is 6.56. The van der Waals surface area contributed by atoms with Crippen molar-refractivity contribution in [3.63, 3.8) is 0 Å². The molecule has 2 saturated heterocycles. The minimum atomic E-state index is -0.680. The van der Waals surface area contributed by atoms with Gasteiger partial charge in [-0.25, -0.2) is 14.6 Å². The number of halogens is 1. The minimum absolute atomic E-state index is 0.0892. The number of piperidine rings is 1. The van der Waals surface area contributed by atoms with Crippen molar-refractivity contribution < 1.29 is 28.5 Å². The third-order valence-corrected chi connectivity index (χ3v) is 7.38. The van der Waals surface area contributed by atoms with Crippen molar-refractivity contribution in [1.29, 1.82) is 0 Å². The summed E-state index contributed by atoms with van der Waals surface area (Å²) in [6.07, 6.45) is 2.21. The van der Waals surface area contributed by atoms with E-state index in [1.165, 1.54) is 0 Å². The molecule has 11 nitrogen and oxygen atoms in total. The van der Waals surface area contributed by atoms with Crippen LogP contribution in [0.5, 0.6) is 5.75 Å². The Labute approximate surface area is 259 Å². The number of morpholine rings is 1. The highest BCUT2D eigenvalue weighted by Gasteiger charge is 2.30. The molecule has 2 fully saturated rings. The average Bonchev–Trinajstić information content (AvgIpc) is 2.91. The van der Waals surface area contributed by atoms with Crippen LogP contribution in [0.25, 0.3) is 0 Å². The van der Waals surface area contributed by atoms with Gasteiger partial charge in [0.25, 0.3) is 0 Å². The standard InChI is InChI=1S/C31H44ClN5O6/c1-20-26(41-19-22-25(8-11-33-27(22)32)36-14-16-40-17-15-36)24(35-28(38)42-30(2,3)4)18-23(34-20)21-9-12-37(13-10-21)29(39)43-31(5,6)7/h8,11,18,21H,9-10,12-17,19H2,1-7H3,(H,34,35,38). The number of hydrogen-bond acceptors (Lipinski definition) is 9. The van der Waals surface area contributed by atoms with Gasteiger partial charge in [0.15, 0.2) is 5.75 Å². The molecule has 2 aromatic heterocycles. The number of hydrogen-bond donors (Lipinski definition) is 1. The Kier molecular flexibility index (Phi) is 10.3. The molecule has 0 saturated carbocycles. The van der Waals surface area contributed by atoms with Crippen LogP contribution in [0.2, 0.25) is 5.15 Å². The number of aromatic nitrogens is 2. The van der Waals surface area contributed by atoms with Crippen LogP contribution in [0, 0.1) is 6.92 Å². The number of amides is 2. The maximum Gasteiger partial charge on any atom is 0.412 e. The summed E-state index contributed by atoms with van der Waals surface area (Å²) in [6, 6.07) is 3.77. The maximum absolute atomic E-state index is 12.9. The van der Waals surface area contributed by atoms with Gasteiger partial charge in [-0.15, -0.1) is 0 Å². The van der Waals surface area contributed by atoms with E-state index in [4.69, 9.17) is 35.5 Å². The quantitative estimate of drug-likeness (QED) is 0.372. The van der Waals surface area contributed by atoms with Gasteiger partial charge in [0.1, 0.15) is 23.0 Å². The molecule has 2 amide bonds. The van der Waals surface area contributed by atoms with Crippen LogP contribution in [-0.2, 0) is 20.8 Å². The van der Waals surface area contributed by atoms with E-state index in [0.29, 0.717) is 61.4 Å². The molecule has 2 aliphatic rings. The SMILES string of the molecule is Cc1nc(C2CCN(C(=O)OC(C)(C)C)CC2)cc(NC(=O)OC(C)(C)C)c1OCc1c(N2CCOCC2)ccnc1Cl. The van der Waals surface area contributed by atoms with Crippen molar-refractivity contribution in [2.24, 2.45) is 0 Å². The Morgan fingerprint density at radius 2 is 1.70 bits per heavy atom. The second-order valence-corrected chi connectivity index (χ2v) is 13.2. The molecular weight excluding hydrogens is 574 g/mol. The lowest BCUT2D eigenvalue weighted by Crippen LogP contribution is -2.41. The number of carbonyl (C=O) groups is 2. The highest BCUT2D eigenvalue weighted by molar-refractivity contribution is 6.30. The summed E-state index contributed by atoms with van der Waals surface area (Å²) in [5.74, 6) is 0.514. The zero-order chi connectivity index (χ0) is 31.4. The molecule has 0 atom stereocenters. The van der Waals surface area contributed by atoms with Crippen molar-refractivity contribution in [2.75, 3.05) is 49.6 Å². The van der Waals surface area contributed by atoms with E-state index in [1.54, 1.807) is 11.1 Å². The first kappa shape index (κ1) is 32.6. The van der Waals surface area contributed by atoms with Crippen molar-refractivity contribution in [3.8, 4) is 5.75 Å². The topological polar surface area (TPSA) is 115 Å². The van der Waals surface area contributed by atoms with E-state index < -0.39 is 17.3 Å². The molecule has 4 rings (SSSR count). The molecule has 1 N–H and O–H groups in total. The van der Waals surface area contributed by atoms with Crippen molar-refractivity contribution >= 4 is 35.2 Å². The molecule has 2 aliphatic heterocycles. The molecular formula is C31H44ClN5O6. The zero-order valence-electron chi connectivity index (χ0n) is 26.3. The highest BCUT2D eigenvalue weighted by atomic mass is 35.5. The first-order valence-electron chi connectivity index (χ1n) is 14.8. The van der Waals surface area contributed by atoms with Gasteiger partial charge in [0.05, 0.1) is 30.2 Å². The molecule has 43 heavy (non-hydrogen) atoms. The lowest BCUT2D eigenvalue weighted by Gasteiger charge is -2.33. The fourth-order valence-corrected chi connectivity index (χ4v) is 5.31. The number of anilines is 2. The van der Waals surface area contributed by atoms with Crippen LogP contribution in [0.1, 0.15) is 77.3 Å². The Morgan fingerprint density at radius 3 is 2.33 bits per heavy atom. The molecule has 0 aliphatic carbocycles. The Balaban J connectivity index is 1.57. The summed E-state index contributed by atoms with van der Waals surface area (Å²) in [5.41, 5.74) is 2.34. The summed E-state index contributed by atoms with van der Waals surface area (Å²) < 4.78 is 23.0. The monoisotopic (exact) mass is 617 g/mol. The van der Waals surface area contributed by atoms with Crippen molar-refractivity contribution in [1.82, 2.24) is 14.9 Å². The van der Waals surface area contributed by atoms with Crippen LogP contribution in [0.15, 0.2) is 18.3 Å². The van der Waals surface area contributed by atoms with E-state index in [0.717, 1.165) is 30.0 Å². The van der Waals surface area contributed by atoms with Crippen molar-refractivity contribution in [3.05, 3.63) is 40.4 Å². The second kappa shape index (κ2) is 13.5. The Bertz CT molecular complexity index is 1290. The lowest BCUT2D eigenvalue weighted by atomic mass is 9.92. The summed E-state index contributed by atoms with van der Waals surface area (Å²) in [4.78, 5) is 38.6. The first-order chi connectivity index (χ1) is 20.2. The van der Waals surface area contributed by atoms with Gasteiger partial charge in [-0.3, -0.25) is 10.3 Å². The largest absolute Gasteiger partial charge is 0.485 e. The molecule has 0 unspecified atom stereocenters. The van der Waals surface area contributed by atoms with E-state index in [2.05, 4.69) is 15.2 Å². The number of aryl methyl sites for hydroxylation is 1. The van der Waals surface area contributed by atoms with Crippen LogP contribution < -0.4 is 15.0 Å². The molecule has 12 heteroatoms. The lowest BCUT2D eigenvalue weighted by molar-refractivity contribution is 0.0203. The Hall–Kier alpha value is -3.31. The number of nitrogens with zero attached hydrogens (tertiary/aromatic N) is 4. The molecule has 4 heterocycles. The van der Waals surface area contributed by atoms with Gasteiger partial charge in [0, 0.05) is 49.7 Å². The van der Waals surface area contributed by atoms with E-state index in [9.17, 15) is 9.59 Å². The summed E-state index contributed by atoms with van der Waals surface area (Å²) in [7, 11) is 0. The molecule has 0 radical (unpaired) electrons. The molecule has 2 aromatic rings. The van der Waals surface area contributed by atoms with Gasteiger partial charge in [-0.1, -0.05) is 11.6 Å². The van der Waals surface area contributed by atoms with Gasteiger partial charge in [-0.2, -0.15) is 0 Å². The normalized spacial score (nSPS) is 16.6. The molecule has 0 bridgehead atoms. The summed E-state index contributed by atoms with van der Waals surface area (Å²) in [5, 5.41) is 3.23. The predicted molar refractivity (Wildman–Crippen MR) is 165 cm³/mol. The fraction of sp³-hybridized carbons (Fsp3) is 0.613. The highest BCUT2D eigenvalue weighted by Crippen LogP contribution is 2.37. The predicted octanol–water partition coefficient (Wildman–Crippen LogP) is 6.32. The smallest absolute Gasteiger partial charge is 0.412 e. The maximum atomic E-state index is 12.9. The summed E-state index contributed by atoms with van der Waals surface area (Å²) in [6.45, 7) is 16.8. The molecule has 236 valence electrons. The molecule has 0 spiro atoms. The number of pyridine rings is 2. The zero-order valence-corrected chi connectivity index (χ0v) is 27.0. The van der Waals surface area contributed by atoms with Crippen LogP contribution in [-0.4, -0.2) is 77.6 Å². The van der Waals surface area contributed by atoms with Crippen molar-refractivity contribution in [2.45, 2.75) is 85.0 Å². The number of carbonyl (C=O) groups excluding carboxylic acids is 2. The fourth-order valence-electron chi connectivity index (χ4n) is 5.10. The molecule has 0 aromatic carbocycles. The van der Waals surface area contributed by atoms with Crippen LogP contribution in [0.3, 0.4) is 0 Å². The number of rotatable bonds is 6. The van der Waals surface area contributed by atoms with Gasteiger partial charge >= 0.3 is 12.2 Å². The average molecular weight is 618 g/mol. The third-order valence-electron chi connectivity index (χ3n) is 7.05. The van der Waals surface area contributed by atoms with Crippen LogP contribution >= 0.6 is 11.6 Å². The van der Waals surface area contributed by atoms with Crippen LogP contribution in [0.4, 0.5) is 21.0 Å². The van der Waals surface area contributed by atoms with E-state index >= 15 is 0 Å². The van der Waals surface area contributed by atoms with Gasteiger partial charge in [-0.05, 0) is 73.4 Å². The second-order valence-electron chi connectivity index (χ2n) is 12.9. The third kappa shape index (κ3) is 9.09. The van der Waals surface area contributed by atoms with Gasteiger partial charge in [0.2, 0.25) is 0 Å². The Morgan fingerprint density at radius 1 is 1.05 bits per heavy atom. The number of ether oxygens (including phenoxy) is 4. The number of nitrogens with one attached hydrogen (secondary N) is 1. The number of likely N-dealkylation sites (tertiary alicyclic amines) is 1. The van der Waals surface area contributed by atoms with Gasteiger partial charge < -0.3 is 28.7 Å². The minimum Gasteiger partial charge on any atom is -0.485 e.